The maximum atomic E-state index is 12.4. The van der Waals surface area contributed by atoms with Crippen molar-refractivity contribution in [1.29, 1.82) is 0 Å². The Kier molecular flexibility index (Phi) is 3.37. The number of thiophene rings is 1. The first kappa shape index (κ1) is 14.4. The van der Waals surface area contributed by atoms with Crippen LogP contribution < -0.4 is 0 Å². The Hall–Kier alpha value is -1.22. The molecule has 0 spiro atoms. The van der Waals surface area contributed by atoms with Crippen LogP contribution in [0.25, 0.3) is 0 Å². The van der Waals surface area contributed by atoms with E-state index in [-0.39, 0.29) is 5.03 Å². The van der Waals surface area contributed by atoms with Gasteiger partial charge >= 0.3 is 0 Å². The fourth-order valence-electron chi connectivity index (χ4n) is 3.08. The third-order valence-corrected chi connectivity index (χ3v) is 7.21. The molecule has 0 aromatic carbocycles. The van der Waals surface area contributed by atoms with Gasteiger partial charge in [0.2, 0.25) is 0 Å². The number of sulfonamides is 1. The fraction of sp³-hybridized carbons (Fsp3) is 0.500. The predicted molar refractivity (Wildman–Crippen MR) is 84.2 cm³/mol. The van der Waals surface area contributed by atoms with E-state index in [0.29, 0.717) is 19.1 Å². The van der Waals surface area contributed by atoms with Crippen molar-refractivity contribution >= 4 is 21.4 Å². The molecule has 2 aromatic rings. The second-order valence-electron chi connectivity index (χ2n) is 5.94. The van der Waals surface area contributed by atoms with E-state index in [1.54, 1.807) is 17.8 Å². The first-order chi connectivity index (χ1) is 10.5. The van der Waals surface area contributed by atoms with Gasteiger partial charge in [-0.05, 0) is 23.4 Å². The number of imidazole rings is 1. The van der Waals surface area contributed by atoms with E-state index < -0.39 is 10.0 Å². The summed E-state index contributed by atoms with van der Waals surface area (Å²) in [4.78, 5) is 7.85. The third-order valence-electron chi connectivity index (χ3n) is 4.47. The molecule has 4 heterocycles. The predicted octanol–water partition coefficient (Wildman–Crippen LogP) is 0.913. The lowest BCUT2D eigenvalue weighted by Crippen LogP contribution is -2.61. The van der Waals surface area contributed by atoms with E-state index in [1.807, 2.05) is 11.3 Å². The number of aromatic nitrogens is 2. The SMILES string of the molecule is Cn1cnc(S(=O)(=O)N2CC(N3CCc4sccc4C3)C2)c1. The molecule has 2 aliphatic rings. The summed E-state index contributed by atoms with van der Waals surface area (Å²) in [5, 5.41) is 2.29. The molecule has 6 nitrogen and oxygen atoms in total. The molecular weight excluding hydrogens is 320 g/mol. The summed E-state index contributed by atoms with van der Waals surface area (Å²) in [6.07, 6.45) is 4.16. The molecule has 4 rings (SSSR count). The van der Waals surface area contributed by atoms with Crippen LogP contribution in [0.5, 0.6) is 0 Å². The molecule has 0 unspecified atom stereocenters. The van der Waals surface area contributed by atoms with Crippen LogP contribution >= 0.6 is 11.3 Å². The van der Waals surface area contributed by atoms with Crippen molar-refractivity contribution in [3.8, 4) is 0 Å². The smallest absolute Gasteiger partial charge is 0.262 e. The largest absolute Gasteiger partial charge is 0.339 e. The van der Waals surface area contributed by atoms with E-state index in [1.165, 1.54) is 21.1 Å². The lowest BCUT2D eigenvalue weighted by atomic mass is 10.0. The van der Waals surface area contributed by atoms with Gasteiger partial charge < -0.3 is 4.57 Å². The van der Waals surface area contributed by atoms with Crippen LogP contribution in [0.3, 0.4) is 0 Å². The number of hydrogen-bond donors (Lipinski definition) is 0. The number of fused-ring (bicyclic) bond motifs is 1. The summed E-state index contributed by atoms with van der Waals surface area (Å²) < 4.78 is 28.1. The van der Waals surface area contributed by atoms with Crippen LogP contribution in [-0.2, 0) is 30.0 Å². The van der Waals surface area contributed by atoms with Gasteiger partial charge in [0.05, 0.1) is 6.33 Å². The van der Waals surface area contributed by atoms with E-state index in [2.05, 4.69) is 21.3 Å². The van der Waals surface area contributed by atoms with Crippen molar-refractivity contribution in [2.24, 2.45) is 7.05 Å². The van der Waals surface area contributed by atoms with Crippen LogP contribution in [-0.4, -0.2) is 52.9 Å². The van der Waals surface area contributed by atoms with Crippen LogP contribution in [0.15, 0.2) is 29.0 Å². The van der Waals surface area contributed by atoms with E-state index in [0.717, 1.165) is 19.5 Å². The number of hydrogen-bond acceptors (Lipinski definition) is 5. The maximum Gasteiger partial charge on any atom is 0.262 e. The van der Waals surface area contributed by atoms with Gasteiger partial charge in [-0.2, -0.15) is 4.31 Å². The maximum absolute atomic E-state index is 12.4. The molecule has 118 valence electrons. The van der Waals surface area contributed by atoms with Gasteiger partial charge in [-0.15, -0.1) is 11.3 Å². The zero-order valence-corrected chi connectivity index (χ0v) is 14.0. The molecule has 8 heteroatoms. The minimum atomic E-state index is -3.43. The average Bonchev–Trinajstić information content (AvgIpc) is 3.04. The number of aryl methyl sites for hydroxylation is 1. The first-order valence-corrected chi connectivity index (χ1v) is 9.63. The zero-order chi connectivity index (χ0) is 15.3. The Morgan fingerprint density at radius 2 is 2.18 bits per heavy atom. The van der Waals surface area contributed by atoms with E-state index >= 15 is 0 Å². The molecule has 1 fully saturated rings. The molecule has 1 saturated heterocycles. The Balaban J connectivity index is 1.42. The van der Waals surface area contributed by atoms with Crippen LogP contribution in [0, 0.1) is 0 Å². The van der Waals surface area contributed by atoms with Gasteiger partial charge in [-0.3, -0.25) is 4.90 Å². The number of rotatable bonds is 3. The molecule has 2 aliphatic heterocycles. The van der Waals surface area contributed by atoms with Crippen LogP contribution in [0.1, 0.15) is 10.4 Å². The summed E-state index contributed by atoms with van der Waals surface area (Å²) in [5.74, 6) is 0. The molecule has 0 atom stereocenters. The molecule has 0 radical (unpaired) electrons. The van der Waals surface area contributed by atoms with Gasteiger partial charge in [-0.25, -0.2) is 13.4 Å². The fourth-order valence-corrected chi connectivity index (χ4v) is 5.45. The highest BCUT2D eigenvalue weighted by molar-refractivity contribution is 7.89. The van der Waals surface area contributed by atoms with Crippen LogP contribution in [0.2, 0.25) is 0 Å². The van der Waals surface area contributed by atoms with Crippen LogP contribution in [0.4, 0.5) is 0 Å². The summed E-state index contributed by atoms with van der Waals surface area (Å²) in [5.41, 5.74) is 1.40. The Labute approximate surface area is 134 Å². The van der Waals surface area contributed by atoms with E-state index in [9.17, 15) is 8.42 Å². The molecule has 0 bridgehead atoms. The van der Waals surface area contributed by atoms with Crippen molar-refractivity contribution < 1.29 is 8.42 Å². The highest BCUT2D eigenvalue weighted by atomic mass is 32.2. The minimum absolute atomic E-state index is 0.146. The quantitative estimate of drug-likeness (QED) is 0.835. The number of nitrogens with zero attached hydrogens (tertiary/aromatic N) is 4. The van der Waals surface area contributed by atoms with Crippen molar-refractivity contribution in [2.75, 3.05) is 19.6 Å². The normalized spacial score (nSPS) is 20.8. The minimum Gasteiger partial charge on any atom is -0.339 e. The van der Waals surface area contributed by atoms with Crippen molar-refractivity contribution in [3.63, 3.8) is 0 Å². The third kappa shape index (κ3) is 2.30. The van der Waals surface area contributed by atoms with Gasteiger partial charge in [-0.1, -0.05) is 0 Å². The summed E-state index contributed by atoms with van der Waals surface area (Å²) in [7, 11) is -1.65. The first-order valence-electron chi connectivity index (χ1n) is 7.31. The molecule has 22 heavy (non-hydrogen) atoms. The lowest BCUT2D eigenvalue weighted by Gasteiger charge is -2.45. The van der Waals surface area contributed by atoms with Gasteiger partial charge in [0.25, 0.3) is 10.0 Å². The summed E-state index contributed by atoms with van der Waals surface area (Å²) in [6.45, 7) is 3.10. The highest BCUT2D eigenvalue weighted by Gasteiger charge is 2.41. The highest BCUT2D eigenvalue weighted by Crippen LogP contribution is 2.29. The molecule has 0 N–H and O–H groups in total. The zero-order valence-electron chi connectivity index (χ0n) is 12.3. The standard InChI is InChI=1S/C14H18N4O2S2/c1-16-9-14(15-10-16)22(19,20)18-7-12(8-18)17-4-2-13-11(6-17)3-5-21-13/h3,5,9-10,12H,2,4,6-8H2,1H3. The Morgan fingerprint density at radius 1 is 1.36 bits per heavy atom. The van der Waals surface area contributed by atoms with Crippen molar-refractivity contribution in [3.05, 3.63) is 34.4 Å². The van der Waals surface area contributed by atoms with Crippen molar-refractivity contribution in [1.82, 2.24) is 18.8 Å². The topological polar surface area (TPSA) is 58.4 Å². The second kappa shape index (κ2) is 5.16. The summed E-state index contributed by atoms with van der Waals surface area (Å²) >= 11 is 1.83. The molecule has 0 amide bonds. The Morgan fingerprint density at radius 3 is 2.91 bits per heavy atom. The molecular formula is C14H18N4O2S2. The van der Waals surface area contributed by atoms with Gasteiger partial charge in [0.15, 0.2) is 5.03 Å². The Bertz CT molecular complexity index is 789. The second-order valence-corrected chi connectivity index (χ2v) is 8.83. The van der Waals surface area contributed by atoms with Gasteiger partial charge in [0, 0.05) is 50.3 Å². The van der Waals surface area contributed by atoms with Crippen molar-refractivity contribution in [2.45, 2.75) is 24.0 Å². The van der Waals surface area contributed by atoms with Gasteiger partial charge in [0.1, 0.15) is 0 Å². The molecule has 0 aliphatic carbocycles. The molecule has 0 saturated carbocycles. The monoisotopic (exact) mass is 338 g/mol. The average molecular weight is 338 g/mol. The summed E-state index contributed by atoms with van der Waals surface area (Å²) in [6, 6.07) is 2.51. The van der Waals surface area contributed by atoms with E-state index in [4.69, 9.17) is 0 Å². The lowest BCUT2D eigenvalue weighted by molar-refractivity contribution is 0.0773. The molecule has 2 aromatic heterocycles.